The maximum Gasteiger partial charge on any atom is 0.137 e. The molecule has 4 aromatic heterocycles. The Morgan fingerprint density at radius 1 is 0.390 bits per heavy atom. The summed E-state index contributed by atoms with van der Waals surface area (Å²) in [4.78, 5) is 5.33. The van der Waals surface area contributed by atoms with Gasteiger partial charge in [0.15, 0.2) is 0 Å². The van der Waals surface area contributed by atoms with Crippen LogP contribution < -0.4 is 0 Å². The molecule has 0 unspecified atom stereocenters. The van der Waals surface area contributed by atoms with E-state index in [4.69, 9.17) is 4.98 Å². The van der Waals surface area contributed by atoms with E-state index in [0.29, 0.717) is 0 Å². The van der Waals surface area contributed by atoms with Gasteiger partial charge in [-0.05, 0) is 90.3 Å². The molecule has 0 atom stereocenters. The first-order valence-corrected chi connectivity index (χ1v) is 20.0. The summed E-state index contributed by atoms with van der Waals surface area (Å²) in [7, 11) is 0. The van der Waals surface area contributed by atoms with Crippen molar-refractivity contribution < 1.29 is 5.11 Å². The van der Waals surface area contributed by atoms with Crippen LogP contribution in [0.3, 0.4) is 0 Å². The summed E-state index contributed by atoms with van der Waals surface area (Å²) in [6, 6.07) is 66.4. The lowest BCUT2D eigenvalue weighted by atomic mass is 9.98. The van der Waals surface area contributed by atoms with Crippen LogP contribution in [0.2, 0.25) is 0 Å². The Kier molecular flexibility index (Phi) is 7.23. The van der Waals surface area contributed by atoms with Gasteiger partial charge in [-0.2, -0.15) is 0 Å². The van der Waals surface area contributed by atoms with Crippen LogP contribution in [0.1, 0.15) is 5.56 Å². The maximum absolute atomic E-state index is 10.8. The van der Waals surface area contributed by atoms with Gasteiger partial charge in [-0.25, -0.2) is 4.98 Å². The number of aryl methyl sites for hydroxylation is 1. The quantitative estimate of drug-likeness (QED) is 0.190. The van der Waals surface area contributed by atoms with Gasteiger partial charge in [-0.1, -0.05) is 115 Å². The van der Waals surface area contributed by atoms with E-state index in [1.54, 1.807) is 6.07 Å². The average molecular weight is 757 g/mol. The van der Waals surface area contributed by atoms with E-state index in [9.17, 15) is 5.11 Å². The number of pyridine rings is 1. The Hall–Kier alpha value is -7.89. The van der Waals surface area contributed by atoms with Crippen LogP contribution in [0.5, 0.6) is 5.75 Å². The molecular formula is C54H36N4O. The lowest BCUT2D eigenvalue weighted by molar-refractivity contribution is 0.476. The molecule has 0 spiro atoms. The van der Waals surface area contributed by atoms with E-state index < -0.39 is 0 Å². The molecule has 5 nitrogen and oxygen atoms in total. The highest BCUT2D eigenvalue weighted by Gasteiger charge is 2.24. The molecule has 5 heteroatoms. The van der Waals surface area contributed by atoms with E-state index in [1.807, 2.05) is 24.4 Å². The van der Waals surface area contributed by atoms with Crippen molar-refractivity contribution in [1.29, 1.82) is 0 Å². The molecule has 0 radical (unpaired) electrons. The fourth-order valence-electron chi connectivity index (χ4n) is 9.53. The van der Waals surface area contributed by atoms with Crippen LogP contribution in [-0.2, 0) is 0 Å². The molecule has 1 N–H and O–H groups in total. The monoisotopic (exact) mass is 756 g/mol. The number of fused-ring (bicyclic) bond motifs is 9. The van der Waals surface area contributed by atoms with Gasteiger partial charge >= 0.3 is 0 Å². The first-order chi connectivity index (χ1) is 29.1. The molecule has 4 heterocycles. The third-order valence-corrected chi connectivity index (χ3v) is 12.1. The van der Waals surface area contributed by atoms with Crippen LogP contribution in [0.15, 0.2) is 194 Å². The molecule has 0 amide bonds. The van der Waals surface area contributed by atoms with Crippen LogP contribution in [0, 0.1) is 6.92 Å². The molecule has 59 heavy (non-hydrogen) atoms. The minimum absolute atomic E-state index is 0.217. The van der Waals surface area contributed by atoms with E-state index in [1.165, 1.54) is 21.5 Å². The first kappa shape index (κ1) is 33.3. The Labute approximate surface area is 339 Å². The number of para-hydroxylation sites is 4. The van der Waals surface area contributed by atoms with E-state index in [-0.39, 0.29) is 5.75 Å². The van der Waals surface area contributed by atoms with Crippen LogP contribution >= 0.6 is 0 Å². The van der Waals surface area contributed by atoms with Crippen LogP contribution in [0.4, 0.5) is 0 Å². The predicted molar refractivity (Wildman–Crippen MR) is 245 cm³/mol. The molecule has 0 saturated carbocycles. The van der Waals surface area contributed by atoms with E-state index >= 15 is 0 Å². The number of aromatic nitrogens is 4. The lowest BCUT2D eigenvalue weighted by Crippen LogP contribution is -2.05. The van der Waals surface area contributed by atoms with Gasteiger partial charge in [0.1, 0.15) is 11.6 Å². The smallest absolute Gasteiger partial charge is 0.137 e. The van der Waals surface area contributed by atoms with Gasteiger partial charge in [0.25, 0.3) is 0 Å². The summed E-state index contributed by atoms with van der Waals surface area (Å²) >= 11 is 0. The van der Waals surface area contributed by atoms with E-state index in [2.05, 4.69) is 184 Å². The van der Waals surface area contributed by atoms with Crippen molar-refractivity contribution in [1.82, 2.24) is 18.7 Å². The summed E-state index contributed by atoms with van der Waals surface area (Å²) in [5.74, 6) is 1.01. The SMILES string of the molecule is Cc1cc(-n2c3ccc(-c4ccccc4)cc3c3ccc(O)cc32)ncc1-c1c(-n2c3ccccc3c3ccccc32)cccc1-n1c2ccccc2c2ccccc21. The van der Waals surface area contributed by atoms with Crippen molar-refractivity contribution in [3.63, 3.8) is 0 Å². The molecule has 0 aliphatic rings. The highest BCUT2D eigenvalue weighted by atomic mass is 16.3. The third kappa shape index (κ3) is 4.95. The molecule has 0 aliphatic carbocycles. The van der Waals surface area contributed by atoms with Crippen molar-refractivity contribution in [2.75, 3.05) is 0 Å². The third-order valence-electron chi connectivity index (χ3n) is 12.1. The van der Waals surface area contributed by atoms with Gasteiger partial charge in [-0.15, -0.1) is 0 Å². The second-order valence-electron chi connectivity index (χ2n) is 15.4. The summed E-state index contributed by atoms with van der Waals surface area (Å²) in [5.41, 5.74) is 14.2. The molecule has 0 bridgehead atoms. The number of phenolic OH excluding ortho intramolecular Hbond substituents is 1. The molecule has 278 valence electrons. The molecule has 0 fully saturated rings. The number of phenols is 1. The Bertz CT molecular complexity index is 3410. The standard InChI is InChI=1S/C54H36N4O/c1-34-30-53(58-49-29-26-36(35-14-3-2-4-15-35)31-43(49)42-28-27-37(59)32-52(42)58)55-33-44(34)54-50(56-45-20-9-5-16-38(45)39-17-6-10-21-46(39)56)24-13-25-51(54)57-47-22-11-7-18-40(47)41-19-8-12-23-48(41)57/h2-33,59H,1H3. The number of aromatic hydroxyl groups is 1. The average Bonchev–Trinajstić information content (AvgIpc) is 3.91. The zero-order valence-electron chi connectivity index (χ0n) is 32.2. The molecule has 0 aliphatic heterocycles. The minimum Gasteiger partial charge on any atom is -0.508 e. The number of hydrogen-bond acceptors (Lipinski definition) is 2. The normalized spacial score (nSPS) is 11.9. The minimum atomic E-state index is 0.217. The van der Waals surface area contributed by atoms with Gasteiger partial charge in [0.05, 0.1) is 44.5 Å². The fraction of sp³-hybridized carbons (Fsp3) is 0.0185. The highest BCUT2D eigenvalue weighted by molar-refractivity contribution is 6.13. The second kappa shape index (κ2) is 12.8. The molecular weight excluding hydrogens is 721 g/mol. The van der Waals surface area contributed by atoms with Crippen LogP contribution in [0.25, 0.3) is 105 Å². The molecule has 8 aromatic carbocycles. The Morgan fingerprint density at radius 2 is 0.898 bits per heavy atom. The van der Waals surface area contributed by atoms with Gasteiger partial charge in [-0.3, -0.25) is 4.57 Å². The molecule has 12 aromatic rings. The predicted octanol–water partition coefficient (Wildman–Crippen LogP) is 13.7. The summed E-state index contributed by atoms with van der Waals surface area (Å²) < 4.78 is 7.03. The van der Waals surface area contributed by atoms with E-state index in [0.717, 1.165) is 88.9 Å². The van der Waals surface area contributed by atoms with Gasteiger partial charge in [0, 0.05) is 55.7 Å². The van der Waals surface area contributed by atoms with Crippen molar-refractivity contribution in [2.45, 2.75) is 6.92 Å². The zero-order valence-corrected chi connectivity index (χ0v) is 32.2. The lowest BCUT2D eigenvalue weighted by Gasteiger charge is -2.21. The Balaban J connectivity index is 1.14. The van der Waals surface area contributed by atoms with Gasteiger partial charge < -0.3 is 14.2 Å². The van der Waals surface area contributed by atoms with Gasteiger partial charge in [0.2, 0.25) is 0 Å². The summed E-state index contributed by atoms with van der Waals surface area (Å²) in [6.07, 6.45) is 2.05. The number of nitrogens with zero attached hydrogens (tertiary/aromatic N) is 4. The molecule has 12 rings (SSSR count). The first-order valence-electron chi connectivity index (χ1n) is 20.0. The second-order valence-corrected chi connectivity index (χ2v) is 15.4. The number of hydrogen-bond donors (Lipinski definition) is 1. The molecule has 0 saturated heterocycles. The summed E-state index contributed by atoms with van der Waals surface area (Å²) in [5, 5.41) is 17.8. The number of benzene rings is 8. The summed E-state index contributed by atoms with van der Waals surface area (Å²) in [6.45, 7) is 2.19. The maximum atomic E-state index is 10.8. The Morgan fingerprint density at radius 3 is 1.46 bits per heavy atom. The van der Waals surface area contributed by atoms with Crippen molar-refractivity contribution in [3.8, 4) is 45.2 Å². The van der Waals surface area contributed by atoms with Crippen molar-refractivity contribution >= 4 is 65.4 Å². The topological polar surface area (TPSA) is 47.9 Å². The van der Waals surface area contributed by atoms with Crippen molar-refractivity contribution in [3.05, 3.63) is 200 Å². The fourth-order valence-corrected chi connectivity index (χ4v) is 9.53. The van der Waals surface area contributed by atoms with Crippen molar-refractivity contribution in [2.24, 2.45) is 0 Å². The van der Waals surface area contributed by atoms with Crippen LogP contribution in [-0.4, -0.2) is 23.8 Å². The number of rotatable bonds is 5. The largest absolute Gasteiger partial charge is 0.508 e. The highest BCUT2D eigenvalue weighted by Crippen LogP contribution is 2.43. The zero-order chi connectivity index (χ0) is 39.2.